The summed E-state index contributed by atoms with van der Waals surface area (Å²) in [6, 6.07) is 0.0837. The van der Waals surface area contributed by atoms with E-state index in [1.807, 2.05) is 18.7 Å². The molecule has 2 aromatic heterocycles. The molecule has 0 unspecified atom stereocenters. The van der Waals surface area contributed by atoms with Crippen LogP contribution in [-0.2, 0) is 0 Å². The second kappa shape index (κ2) is 5.93. The van der Waals surface area contributed by atoms with Crippen LogP contribution in [0.25, 0.3) is 0 Å². The Morgan fingerprint density at radius 1 is 1.38 bits per heavy atom. The predicted molar refractivity (Wildman–Crippen MR) is 80.2 cm³/mol. The van der Waals surface area contributed by atoms with E-state index in [0.717, 1.165) is 49.2 Å². The van der Waals surface area contributed by atoms with Crippen LogP contribution < -0.4 is 0 Å². The molecular weight excluding hydrogens is 286 g/mol. The molecule has 1 aliphatic rings. The smallest absolute Gasteiger partial charge is 0.275 e. The summed E-state index contributed by atoms with van der Waals surface area (Å²) in [5.74, 6) is -0.0179. The molecule has 0 spiro atoms. The van der Waals surface area contributed by atoms with Gasteiger partial charge < -0.3 is 4.90 Å². The van der Waals surface area contributed by atoms with Crippen molar-refractivity contribution in [3.05, 3.63) is 28.0 Å². The zero-order valence-electron chi connectivity index (χ0n) is 12.3. The molecule has 1 aliphatic heterocycles. The summed E-state index contributed by atoms with van der Waals surface area (Å²) in [5.41, 5.74) is 3.64. The van der Waals surface area contributed by atoms with E-state index in [0.29, 0.717) is 5.69 Å². The van der Waals surface area contributed by atoms with Crippen LogP contribution in [0, 0.1) is 13.8 Å². The Balaban J connectivity index is 1.96. The van der Waals surface area contributed by atoms with Gasteiger partial charge in [-0.2, -0.15) is 5.10 Å². The van der Waals surface area contributed by atoms with Crippen LogP contribution in [0.15, 0.2) is 5.38 Å². The summed E-state index contributed by atoms with van der Waals surface area (Å²) in [4.78, 5) is 14.7. The Bertz CT molecular complexity index is 602. The lowest BCUT2D eigenvalue weighted by molar-refractivity contribution is 0.0674. The normalized spacial score (nSPS) is 19.5. The zero-order chi connectivity index (χ0) is 14.8. The fraction of sp³-hybridized carbons (Fsp3) is 0.571. The molecule has 1 N–H and O–H groups in total. The predicted octanol–water partition coefficient (Wildman–Crippen LogP) is 2.64. The molecule has 1 saturated heterocycles. The van der Waals surface area contributed by atoms with E-state index >= 15 is 0 Å². The summed E-state index contributed by atoms with van der Waals surface area (Å²) in [6.45, 7) is 4.79. The van der Waals surface area contributed by atoms with Crippen molar-refractivity contribution < 1.29 is 4.79 Å². The third kappa shape index (κ3) is 2.70. The molecule has 112 valence electrons. The lowest BCUT2D eigenvalue weighted by atomic mass is 9.99. The molecule has 7 heteroatoms. The molecular formula is C14H19N5OS. The summed E-state index contributed by atoms with van der Waals surface area (Å²) < 4.78 is 3.81. The molecule has 3 rings (SSSR count). The van der Waals surface area contributed by atoms with E-state index in [9.17, 15) is 4.79 Å². The molecule has 0 radical (unpaired) electrons. The Morgan fingerprint density at radius 2 is 2.24 bits per heavy atom. The minimum absolute atomic E-state index is 0.0179. The Kier molecular flexibility index (Phi) is 4.01. The fourth-order valence-electron chi connectivity index (χ4n) is 3.11. The number of nitrogens with zero attached hydrogens (tertiary/aromatic N) is 4. The number of carbonyl (C=O) groups is 1. The number of rotatable bonds is 2. The highest BCUT2D eigenvalue weighted by molar-refractivity contribution is 7.03. The summed E-state index contributed by atoms with van der Waals surface area (Å²) in [6.07, 6.45) is 4.31. The molecule has 1 amide bonds. The summed E-state index contributed by atoms with van der Waals surface area (Å²) in [5, 5.41) is 13.0. The maximum absolute atomic E-state index is 12.7. The van der Waals surface area contributed by atoms with E-state index in [-0.39, 0.29) is 11.9 Å². The van der Waals surface area contributed by atoms with Crippen LogP contribution >= 0.6 is 11.5 Å². The van der Waals surface area contributed by atoms with E-state index in [1.54, 1.807) is 5.38 Å². The average molecular weight is 305 g/mol. The van der Waals surface area contributed by atoms with Gasteiger partial charge in [-0.3, -0.25) is 9.89 Å². The van der Waals surface area contributed by atoms with E-state index in [2.05, 4.69) is 19.8 Å². The number of aromatic nitrogens is 4. The third-order valence-electron chi connectivity index (χ3n) is 4.11. The molecule has 0 aliphatic carbocycles. The number of aryl methyl sites for hydroxylation is 2. The fourth-order valence-corrected chi connectivity index (χ4v) is 3.54. The quantitative estimate of drug-likeness (QED) is 0.925. The Labute approximate surface area is 127 Å². The molecule has 1 fully saturated rings. The standard InChI is InChI=1S/C14H19N5OS/c1-9-13(10(2)16-15-9)12-6-4-3-5-7-19(12)14(20)11-8-21-18-17-11/h8,12H,3-7H2,1-2H3,(H,15,16)/t12-/m1/s1. The van der Waals surface area contributed by atoms with Crippen LogP contribution in [0.5, 0.6) is 0 Å². The summed E-state index contributed by atoms with van der Waals surface area (Å²) in [7, 11) is 0. The van der Waals surface area contributed by atoms with Gasteiger partial charge in [-0.25, -0.2) is 0 Å². The van der Waals surface area contributed by atoms with Gasteiger partial charge in [-0.1, -0.05) is 17.3 Å². The van der Waals surface area contributed by atoms with Crippen LogP contribution in [0.1, 0.15) is 59.2 Å². The monoisotopic (exact) mass is 305 g/mol. The number of amides is 1. The van der Waals surface area contributed by atoms with Gasteiger partial charge in [0.05, 0.1) is 11.7 Å². The first-order valence-electron chi connectivity index (χ1n) is 7.28. The van der Waals surface area contributed by atoms with Crippen molar-refractivity contribution >= 4 is 17.4 Å². The minimum Gasteiger partial charge on any atom is -0.330 e. The van der Waals surface area contributed by atoms with Crippen molar-refractivity contribution in [3.63, 3.8) is 0 Å². The van der Waals surface area contributed by atoms with Crippen molar-refractivity contribution in [2.24, 2.45) is 0 Å². The largest absolute Gasteiger partial charge is 0.330 e. The molecule has 1 atom stereocenters. The van der Waals surface area contributed by atoms with E-state index in [4.69, 9.17) is 0 Å². The van der Waals surface area contributed by atoms with Gasteiger partial charge >= 0.3 is 0 Å². The van der Waals surface area contributed by atoms with Crippen LogP contribution in [-0.4, -0.2) is 37.1 Å². The van der Waals surface area contributed by atoms with E-state index < -0.39 is 0 Å². The number of nitrogens with one attached hydrogen (secondary N) is 1. The molecule has 0 saturated carbocycles. The van der Waals surface area contributed by atoms with Crippen LogP contribution in [0.2, 0.25) is 0 Å². The van der Waals surface area contributed by atoms with Gasteiger partial charge in [0, 0.05) is 23.2 Å². The lowest BCUT2D eigenvalue weighted by Crippen LogP contribution is -2.35. The number of hydrogen-bond acceptors (Lipinski definition) is 5. The number of aromatic amines is 1. The van der Waals surface area contributed by atoms with Gasteiger partial charge in [-0.05, 0) is 38.2 Å². The molecule has 21 heavy (non-hydrogen) atoms. The maximum Gasteiger partial charge on any atom is 0.275 e. The summed E-state index contributed by atoms with van der Waals surface area (Å²) >= 11 is 1.22. The van der Waals surface area contributed by atoms with E-state index in [1.165, 1.54) is 11.5 Å². The van der Waals surface area contributed by atoms with Crippen molar-refractivity contribution in [2.75, 3.05) is 6.54 Å². The third-order valence-corrected chi connectivity index (χ3v) is 4.62. The molecule has 0 bridgehead atoms. The number of carbonyl (C=O) groups excluding carboxylic acids is 1. The lowest BCUT2D eigenvalue weighted by Gasteiger charge is -2.30. The highest BCUT2D eigenvalue weighted by Crippen LogP contribution is 2.34. The first-order chi connectivity index (χ1) is 10.2. The molecule has 6 nitrogen and oxygen atoms in total. The second-order valence-electron chi connectivity index (χ2n) is 5.50. The van der Waals surface area contributed by atoms with Crippen LogP contribution in [0.3, 0.4) is 0 Å². The molecule has 2 aromatic rings. The average Bonchev–Trinajstić information content (AvgIpc) is 3.04. The van der Waals surface area contributed by atoms with Gasteiger partial charge in [0.2, 0.25) is 0 Å². The van der Waals surface area contributed by atoms with Gasteiger partial charge in [0.25, 0.3) is 5.91 Å². The topological polar surface area (TPSA) is 74.8 Å². The highest BCUT2D eigenvalue weighted by atomic mass is 32.1. The zero-order valence-corrected chi connectivity index (χ0v) is 13.1. The van der Waals surface area contributed by atoms with Gasteiger partial charge in [0.1, 0.15) is 0 Å². The van der Waals surface area contributed by atoms with Crippen molar-refractivity contribution in [2.45, 2.75) is 45.6 Å². The molecule has 0 aromatic carbocycles. The molecule has 3 heterocycles. The number of likely N-dealkylation sites (tertiary alicyclic amines) is 1. The SMILES string of the molecule is Cc1n[nH]c(C)c1[C@H]1CCCCCN1C(=O)c1csnn1. The maximum atomic E-state index is 12.7. The van der Waals surface area contributed by atoms with Gasteiger partial charge in [-0.15, -0.1) is 5.10 Å². The first-order valence-corrected chi connectivity index (χ1v) is 8.11. The Hall–Kier alpha value is -1.76. The first kappa shape index (κ1) is 14.2. The Morgan fingerprint density at radius 3 is 2.90 bits per heavy atom. The van der Waals surface area contributed by atoms with Crippen molar-refractivity contribution in [1.29, 1.82) is 0 Å². The minimum atomic E-state index is -0.0179. The van der Waals surface area contributed by atoms with Crippen LogP contribution in [0.4, 0.5) is 0 Å². The number of H-pyrrole nitrogens is 1. The second-order valence-corrected chi connectivity index (χ2v) is 6.11. The van der Waals surface area contributed by atoms with Crippen molar-refractivity contribution in [3.8, 4) is 0 Å². The highest BCUT2D eigenvalue weighted by Gasteiger charge is 2.31. The number of hydrogen-bond donors (Lipinski definition) is 1. The van der Waals surface area contributed by atoms with Gasteiger partial charge in [0.15, 0.2) is 5.69 Å². The van der Waals surface area contributed by atoms with Crippen molar-refractivity contribution in [1.82, 2.24) is 24.7 Å².